The van der Waals surface area contributed by atoms with Crippen molar-refractivity contribution in [2.24, 2.45) is 0 Å². The number of hydrogen-bond donors (Lipinski definition) is 0. The van der Waals surface area contributed by atoms with E-state index in [1.807, 2.05) is 60.7 Å². The molecule has 0 radical (unpaired) electrons. The molecule has 4 aromatic rings. The monoisotopic (exact) mass is 701 g/mol. The van der Waals surface area contributed by atoms with Crippen molar-refractivity contribution in [1.29, 1.82) is 0 Å². The first-order valence-electron chi connectivity index (χ1n) is 17.6. The molecule has 2 amide bonds. The summed E-state index contributed by atoms with van der Waals surface area (Å²) in [5, 5.41) is 0. The summed E-state index contributed by atoms with van der Waals surface area (Å²) in [4.78, 5) is 33.5. The number of hydrogen-bond acceptors (Lipinski definition) is 4. The second-order valence-corrected chi connectivity index (χ2v) is 13.9. The van der Waals surface area contributed by atoms with E-state index in [9.17, 15) is 18.4 Å². The first kappa shape index (κ1) is 36.1. The normalized spacial score (nSPS) is 18.4. The number of fused-ring (bicyclic) bond motifs is 1. The quantitative estimate of drug-likeness (QED) is 0.116. The lowest BCUT2D eigenvalue weighted by Crippen LogP contribution is -2.54. The van der Waals surface area contributed by atoms with E-state index in [1.165, 1.54) is 11.0 Å². The Morgan fingerprint density at radius 1 is 0.824 bits per heavy atom. The summed E-state index contributed by atoms with van der Waals surface area (Å²) < 4.78 is 65.1. The lowest BCUT2D eigenvalue weighted by Gasteiger charge is -2.41. The Labute approximate surface area is 296 Å². The van der Waals surface area contributed by atoms with E-state index in [0.29, 0.717) is 45.0 Å². The predicted octanol–water partition coefficient (Wildman–Crippen LogP) is 8.64. The van der Waals surface area contributed by atoms with Crippen molar-refractivity contribution in [1.82, 2.24) is 9.80 Å². The van der Waals surface area contributed by atoms with Gasteiger partial charge in [-0.25, -0.2) is 17.6 Å². The average molecular weight is 702 g/mol. The van der Waals surface area contributed by atoms with Gasteiger partial charge in [0.2, 0.25) is 0 Å². The minimum Gasteiger partial charge on any atom is -0.476 e. The standard InChI is InChI=1S/C41H43F4N3O3/c1-4-47(36-18-12-11-17-29(36)30-21-34(44)35(45)23-32(30)42)39(49)31-22-37-38(24-33(31)43)51-41(2,3)40(50)48(37)20-19-46(25-27-13-7-5-8-14-27)26-28-15-9-6-10-16-28/h5-10,13-16,21-24,29,36H,4,11-12,17-20,25-26H2,1-3H3/t29-,36+/m0/s1. The Morgan fingerprint density at radius 3 is 2.06 bits per heavy atom. The third kappa shape index (κ3) is 7.81. The molecule has 10 heteroatoms. The van der Waals surface area contributed by atoms with Crippen molar-refractivity contribution in [3.05, 3.63) is 130 Å². The van der Waals surface area contributed by atoms with Crippen molar-refractivity contribution in [2.45, 2.75) is 77.1 Å². The van der Waals surface area contributed by atoms with Crippen molar-refractivity contribution in [3.63, 3.8) is 0 Å². The van der Waals surface area contributed by atoms with Gasteiger partial charge in [-0.05, 0) is 62.4 Å². The van der Waals surface area contributed by atoms with Crippen molar-refractivity contribution >= 4 is 17.5 Å². The van der Waals surface area contributed by atoms with Crippen LogP contribution in [-0.4, -0.2) is 52.9 Å². The molecule has 1 saturated carbocycles. The lowest BCUT2D eigenvalue weighted by atomic mass is 9.78. The van der Waals surface area contributed by atoms with E-state index < -0.39 is 46.7 Å². The van der Waals surface area contributed by atoms with Gasteiger partial charge in [0.1, 0.15) is 17.4 Å². The highest BCUT2D eigenvalue weighted by Crippen LogP contribution is 2.42. The minimum atomic E-state index is -1.28. The molecule has 0 spiro atoms. The highest BCUT2D eigenvalue weighted by molar-refractivity contribution is 6.04. The third-order valence-corrected chi connectivity index (χ3v) is 10.0. The summed E-state index contributed by atoms with van der Waals surface area (Å²) in [6.45, 7) is 7.15. The molecule has 268 valence electrons. The molecule has 1 fully saturated rings. The van der Waals surface area contributed by atoms with Gasteiger partial charge in [-0.2, -0.15) is 0 Å². The number of rotatable bonds is 11. The molecular formula is C41H43F4N3O3. The molecule has 51 heavy (non-hydrogen) atoms. The summed E-state index contributed by atoms with van der Waals surface area (Å²) in [6.07, 6.45) is 2.39. The van der Waals surface area contributed by atoms with Crippen molar-refractivity contribution < 1.29 is 31.9 Å². The molecule has 2 aliphatic rings. The number of amides is 2. The number of halogens is 4. The van der Waals surface area contributed by atoms with Gasteiger partial charge in [0.15, 0.2) is 17.2 Å². The average Bonchev–Trinajstić information content (AvgIpc) is 3.11. The van der Waals surface area contributed by atoms with E-state index in [4.69, 9.17) is 4.74 Å². The second kappa shape index (κ2) is 15.3. The highest BCUT2D eigenvalue weighted by Gasteiger charge is 2.43. The Hall–Kier alpha value is -4.70. The van der Waals surface area contributed by atoms with E-state index in [-0.39, 0.29) is 41.6 Å². The van der Waals surface area contributed by atoms with Crippen LogP contribution >= 0.6 is 0 Å². The van der Waals surface area contributed by atoms with Crippen LogP contribution in [0.2, 0.25) is 0 Å². The van der Waals surface area contributed by atoms with Gasteiger partial charge in [0.25, 0.3) is 11.8 Å². The zero-order valence-electron chi connectivity index (χ0n) is 29.2. The van der Waals surface area contributed by atoms with Crippen LogP contribution in [0.1, 0.15) is 79.4 Å². The minimum absolute atomic E-state index is 0.00118. The Bertz CT molecular complexity index is 1830. The Kier molecular flexibility index (Phi) is 10.8. The number of carbonyl (C=O) groups excluding carboxylic acids is 2. The maximum absolute atomic E-state index is 16.0. The summed E-state index contributed by atoms with van der Waals surface area (Å²) in [7, 11) is 0. The van der Waals surface area contributed by atoms with Gasteiger partial charge >= 0.3 is 0 Å². The van der Waals surface area contributed by atoms with Crippen LogP contribution < -0.4 is 9.64 Å². The van der Waals surface area contributed by atoms with Crippen molar-refractivity contribution in [2.75, 3.05) is 24.5 Å². The van der Waals surface area contributed by atoms with Crippen LogP contribution in [0.3, 0.4) is 0 Å². The number of ether oxygens (including phenoxy) is 1. The summed E-state index contributed by atoms with van der Waals surface area (Å²) >= 11 is 0. The maximum Gasteiger partial charge on any atom is 0.270 e. The molecule has 1 aliphatic carbocycles. The Balaban J connectivity index is 1.31. The fraction of sp³-hybridized carbons (Fsp3) is 0.366. The summed E-state index contributed by atoms with van der Waals surface area (Å²) in [6, 6.07) is 23.4. The second-order valence-electron chi connectivity index (χ2n) is 13.9. The highest BCUT2D eigenvalue weighted by atomic mass is 19.2. The molecule has 1 heterocycles. The molecule has 0 unspecified atom stereocenters. The molecule has 1 aliphatic heterocycles. The molecule has 0 saturated heterocycles. The molecule has 2 atom stereocenters. The molecule has 6 nitrogen and oxygen atoms in total. The summed E-state index contributed by atoms with van der Waals surface area (Å²) in [5.41, 5.74) is 0.971. The number of likely N-dealkylation sites (N-methyl/N-ethyl adjacent to an activating group) is 1. The lowest BCUT2D eigenvalue weighted by molar-refractivity contribution is -0.132. The SMILES string of the molecule is CCN(C(=O)c1cc2c(cc1F)OC(C)(C)C(=O)N2CCN(Cc1ccccc1)Cc1ccccc1)[C@@H]1CCCC[C@H]1c1cc(F)c(F)cc1F. The topological polar surface area (TPSA) is 53.1 Å². The van der Waals surface area contributed by atoms with Crippen LogP contribution in [0.25, 0.3) is 0 Å². The number of carbonyl (C=O) groups is 2. The molecule has 0 N–H and O–H groups in total. The van der Waals surface area contributed by atoms with E-state index >= 15 is 8.78 Å². The number of nitrogens with zero attached hydrogens (tertiary/aromatic N) is 3. The van der Waals surface area contributed by atoms with Gasteiger partial charge in [0.05, 0.1) is 11.3 Å². The third-order valence-electron chi connectivity index (χ3n) is 10.0. The van der Waals surface area contributed by atoms with Gasteiger partial charge < -0.3 is 14.5 Å². The largest absolute Gasteiger partial charge is 0.476 e. The zero-order chi connectivity index (χ0) is 36.3. The van der Waals surface area contributed by atoms with Crippen molar-refractivity contribution in [3.8, 4) is 5.75 Å². The summed E-state index contributed by atoms with van der Waals surface area (Å²) in [5.74, 6) is -5.56. The van der Waals surface area contributed by atoms with Gasteiger partial charge in [-0.1, -0.05) is 73.5 Å². The van der Waals surface area contributed by atoms with Crippen LogP contribution in [0.5, 0.6) is 5.75 Å². The molecule has 0 aromatic heterocycles. The van der Waals surface area contributed by atoms with Gasteiger partial charge in [-0.15, -0.1) is 0 Å². The van der Waals surface area contributed by atoms with Crippen LogP contribution in [-0.2, 0) is 17.9 Å². The number of benzene rings is 4. The van der Waals surface area contributed by atoms with Crippen LogP contribution in [0, 0.1) is 23.3 Å². The zero-order valence-corrected chi connectivity index (χ0v) is 29.2. The van der Waals surface area contributed by atoms with Gasteiger partial charge in [0, 0.05) is 56.8 Å². The predicted molar refractivity (Wildman–Crippen MR) is 188 cm³/mol. The first-order chi connectivity index (χ1) is 24.5. The maximum atomic E-state index is 16.0. The van der Waals surface area contributed by atoms with Gasteiger partial charge in [-0.3, -0.25) is 14.5 Å². The van der Waals surface area contributed by atoms with Crippen LogP contribution in [0.15, 0.2) is 84.9 Å². The fourth-order valence-corrected chi connectivity index (χ4v) is 7.47. The molecule has 6 rings (SSSR count). The smallest absolute Gasteiger partial charge is 0.270 e. The Morgan fingerprint density at radius 2 is 1.43 bits per heavy atom. The van der Waals surface area contributed by atoms with E-state index in [1.54, 1.807) is 25.7 Å². The number of anilines is 1. The molecular weight excluding hydrogens is 658 g/mol. The fourth-order valence-electron chi connectivity index (χ4n) is 7.47. The van der Waals surface area contributed by atoms with E-state index in [2.05, 4.69) is 4.90 Å². The van der Waals surface area contributed by atoms with E-state index in [0.717, 1.165) is 29.7 Å². The molecule has 0 bridgehead atoms. The first-order valence-corrected chi connectivity index (χ1v) is 17.6. The van der Waals surface area contributed by atoms with Crippen LogP contribution in [0.4, 0.5) is 23.2 Å². The molecule has 4 aromatic carbocycles.